The molecule has 8 aromatic carbocycles. The summed E-state index contributed by atoms with van der Waals surface area (Å²) in [6.07, 6.45) is -0.345. The van der Waals surface area contributed by atoms with Crippen LogP contribution in [0.2, 0.25) is 10.6 Å². The van der Waals surface area contributed by atoms with E-state index in [1.54, 1.807) is 0 Å². The topological polar surface area (TPSA) is 532 Å². The molecule has 0 aliphatic rings. The molecule has 8 N–H and O–H groups in total. The van der Waals surface area contributed by atoms with E-state index < -0.39 is 195 Å². The summed E-state index contributed by atoms with van der Waals surface area (Å²) < 4.78 is 171. The maximum Gasteiger partial charge on any atom is 1.00 e. The third-order valence-electron chi connectivity index (χ3n) is 12.7. The molecule has 2 heterocycles. The SMILES string of the molecule is O=C([O-])c1cc(Cc2ccc(N=Nc3c(S(=O)(=O)O)cc4cc(S(=O)(=O)O)cc(N=c5[nH]c(Cl)nc(=Nc6ccccc6F)[nH]5)c4c3[O-])c(C(=O)[O-])c2)ccc1N=Nc1c(S(=O)(=O)O)cc2cc(S(=O)(=O)O)cc(N=c3[nH]c(Cl)nc(=Nc4ccccc4F)[nH]3)c2c1[O-].[Na+].[Na+].[Na+].[Na+]. The minimum absolute atomic E-state index is 0. The van der Waals surface area contributed by atoms with Crippen molar-refractivity contribution in [2.24, 2.45) is 40.4 Å². The number of aromatic amines is 4. The zero-order valence-electron chi connectivity index (χ0n) is 49.4. The van der Waals surface area contributed by atoms with Crippen LogP contribution < -0.4 is 161 Å². The van der Waals surface area contributed by atoms with Gasteiger partial charge in [-0.05, 0) is 136 Å². The zero-order valence-corrected chi connectivity index (χ0v) is 62.2. The summed E-state index contributed by atoms with van der Waals surface area (Å²) >= 11 is 12.3. The van der Waals surface area contributed by atoms with Gasteiger partial charge in [-0.15, -0.1) is 20.5 Å². The van der Waals surface area contributed by atoms with Crippen LogP contribution in [0.5, 0.6) is 11.5 Å². The van der Waals surface area contributed by atoms with Crippen molar-refractivity contribution in [2.75, 3.05) is 0 Å². The van der Waals surface area contributed by atoms with Crippen molar-refractivity contribution < 1.29 is 209 Å². The van der Waals surface area contributed by atoms with Gasteiger partial charge in [0.15, 0.2) is 0 Å². The normalized spacial score (nSPS) is 12.8. The molecule has 0 saturated carbocycles. The molecule has 44 heteroatoms. The average Bonchev–Trinajstić information content (AvgIpc) is 0.753. The number of nitrogens with zero attached hydrogens (tertiary/aromatic N) is 10. The summed E-state index contributed by atoms with van der Waals surface area (Å²) in [7, 11) is -21.4. The van der Waals surface area contributed by atoms with Gasteiger partial charge in [-0.25, -0.2) is 28.8 Å². The summed E-state index contributed by atoms with van der Waals surface area (Å²) in [5.74, 6) is -8.37. The molecule has 0 saturated heterocycles. The quantitative estimate of drug-likeness (QED) is 0.0253. The number of benzene rings is 8. The number of fused-ring (bicyclic) bond motifs is 2. The molecule has 0 amide bonds. The van der Waals surface area contributed by atoms with Crippen LogP contribution in [0.4, 0.5) is 54.3 Å². The van der Waals surface area contributed by atoms with Crippen LogP contribution in [0.1, 0.15) is 31.8 Å². The van der Waals surface area contributed by atoms with Crippen molar-refractivity contribution in [3.63, 3.8) is 0 Å². The first-order valence-electron chi connectivity index (χ1n) is 25.1. The first-order chi connectivity index (χ1) is 43.7. The summed E-state index contributed by atoms with van der Waals surface area (Å²) in [5.41, 5.74) is -8.64. The van der Waals surface area contributed by atoms with Gasteiger partial charge in [0.1, 0.15) is 32.8 Å². The second kappa shape index (κ2) is 31.7. The Hall–Kier alpha value is -6.68. The summed E-state index contributed by atoms with van der Waals surface area (Å²) in [5, 5.41) is 65.5. The molecule has 476 valence electrons. The zero-order chi connectivity index (χ0) is 67.2. The van der Waals surface area contributed by atoms with E-state index in [1.807, 2.05) is 0 Å². The van der Waals surface area contributed by atoms with Gasteiger partial charge >= 0.3 is 118 Å². The first kappa shape index (κ1) is 79.3. The minimum atomic E-state index is -5.52. The number of nitrogens with one attached hydrogen (secondary N) is 4. The van der Waals surface area contributed by atoms with Crippen LogP contribution >= 0.6 is 23.2 Å². The minimum Gasteiger partial charge on any atom is -0.870 e. The maximum absolute atomic E-state index is 14.5. The van der Waals surface area contributed by atoms with E-state index in [1.165, 1.54) is 48.5 Å². The number of halogens is 4. The molecule has 0 atom stereocenters. The van der Waals surface area contributed by atoms with Gasteiger partial charge in [0.25, 0.3) is 40.5 Å². The number of aromatic carboxylic acids is 2. The molecule has 0 fully saturated rings. The number of para-hydroxylation sites is 2. The van der Waals surface area contributed by atoms with E-state index in [4.69, 9.17) is 23.2 Å². The second-order valence-electron chi connectivity index (χ2n) is 18.9. The predicted octanol–water partition coefficient (Wildman–Crippen LogP) is -7.09. The number of rotatable bonds is 16. The number of carbonyl (C=O) groups is 2. The summed E-state index contributed by atoms with van der Waals surface area (Å²) in [6, 6.07) is 20.3. The van der Waals surface area contributed by atoms with Crippen molar-refractivity contribution >= 4 is 143 Å². The molecule has 0 unspecified atom stereocenters. The van der Waals surface area contributed by atoms with Crippen molar-refractivity contribution in [3.8, 4) is 11.5 Å². The van der Waals surface area contributed by atoms with Gasteiger partial charge in [0.2, 0.25) is 33.0 Å². The second-order valence-corrected chi connectivity index (χ2v) is 25.3. The van der Waals surface area contributed by atoms with Crippen LogP contribution in [-0.2, 0) is 46.9 Å². The molecule has 0 aliphatic heterocycles. The Bertz CT molecular complexity index is 5430. The van der Waals surface area contributed by atoms with Gasteiger partial charge in [-0.2, -0.15) is 43.6 Å². The van der Waals surface area contributed by atoms with E-state index >= 15 is 0 Å². The largest absolute Gasteiger partial charge is 1.00 e. The number of azo groups is 2. The van der Waals surface area contributed by atoms with Gasteiger partial charge in [-0.3, -0.25) is 28.2 Å². The fourth-order valence-electron chi connectivity index (χ4n) is 8.77. The Morgan fingerprint density at radius 1 is 0.454 bits per heavy atom. The molecule has 0 radical (unpaired) electrons. The van der Waals surface area contributed by atoms with Crippen LogP contribution in [-0.4, -0.2) is 93.7 Å². The van der Waals surface area contributed by atoms with Crippen molar-refractivity contribution in [1.82, 2.24) is 29.9 Å². The molecule has 10 rings (SSSR count). The van der Waals surface area contributed by atoms with Crippen molar-refractivity contribution in [2.45, 2.75) is 26.0 Å². The molecule has 2 aromatic heterocycles. The van der Waals surface area contributed by atoms with E-state index in [-0.39, 0.29) is 147 Å². The van der Waals surface area contributed by atoms with E-state index in [0.717, 1.165) is 36.4 Å². The first-order valence-corrected chi connectivity index (χ1v) is 31.7. The Morgan fingerprint density at radius 2 is 0.814 bits per heavy atom. The van der Waals surface area contributed by atoms with E-state index in [0.29, 0.717) is 36.4 Å². The average molecular weight is 1480 g/mol. The number of carboxylic acids is 2. The maximum atomic E-state index is 14.5. The Balaban J connectivity index is 0.00000372. The van der Waals surface area contributed by atoms with Crippen LogP contribution in [0.25, 0.3) is 21.5 Å². The Kier molecular flexibility index (Phi) is 25.9. The molecule has 32 nitrogen and oxygen atoms in total. The van der Waals surface area contributed by atoms with Gasteiger partial charge in [0.05, 0.1) is 55.9 Å². The third-order valence-corrected chi connectivity index (χ3v) is 16.5. The Morgan fingerprint density at radius 3 is 1.14 bits per heavy atom. The molecule has 0 aliphatic carbocycles. The standard InChI is InChI=1S/C53H34Cl2F2N14O18S4.4Na/c54-48-62-50(58-34-7-3-1-5-30(34)56)66-52(64-48)60-36-20-26(90(78,79)80)16-24-18-38(92(84,85)86)42(44(72)40(24)36)70-68-32-11-9-22(14-28(32)46(74)75)13-23-10-12-33(29(15-23)47(76)77)69-71-43-39(93(87,88)89)19-25-17-27(91(81,82)83)21-37(41(25)45(43)73)61-53-65-49(55)63-51(67-53)59-35-8-4-2-6-31(35)57;;;;/h1-12,14-21,72-73H,13H2,(H,74,75)(H,76,77)(H,78,79,80)(H,81,82,83)(H,84,85,86)(H,87,88,89)(H2,58,60,62,64,66)(H2,59,61,63,65,67);;;;/q;4*+1/p-4. The number of hydrogen-bond donors (Lipinski definition) is 8. The molecule has 0 bridgehead atoms. The molecule has 0 spiro atoms. The number of H-pyrrole nitrogens is 4. The number of carbonyl (C=O) groups excluding carboxylic acids is 2. The Labute approximate surface area is 640 Å². The smallest absolute Gasteiger partial charge is 0.870 e. The molecule has 10 aromatic rings. The fraction of sp³-hybridized carbons (Fsp3) is 0.0189. The summed E-state index contributed by atoms with van der Waals surface area (Å²) in [6.45, 7) is 0. The van der Waals surface area contributed by atoms with Crippen LogP contribution in [0, 0.1) is 11.6 Å². The number of hydrogen-bond acceptors (Lipinski definition) is 24. The third kappa shape index (κ3) is 18.6. The van der Waals surface area contributed by atoms with Gasteiger partial charge in [0, 0.05) is 21.9 Å². The van der Waals surface area contributed by atoms with Crippen LogP contribution in [0.15, 0.2) is 181 Å². The molecular weight excluding hydrogens is 1450 g/mol. The van der Waals surface area contributed by atoms with Crippen LogP contribution in [0.3, 0.4) is 0 Å². The predicted molar refractivity (Wildman–Crippen MR) is 308 cm³/mol. The number of aromatic nitrogens is 6. The van der Waals surface area contributed by atoms with Gasteiger partial charge in [-0.1, -0.05) is 47.9 Å². The molecule has 97 heavy (non-hydrogen) atoms. The van der Waals surface area contributed by atoms with Crippen molar-refractivity contribution in [3.05, 3.63) is 188 Å². The number of carboxylic acid groups (broad SMARTS) is 2. The van der Waals surface area contributed by atoms with Crippen molar-refractivity contribution in [1.29, 1.82) is 0 Å². The fourth-order valence-corrected chi connectivity index (χ4v) is 11.5. The van der Waals surface area contributed by atoms with E-state index in [9.17, 15) is 90.7 Å². The summed E-state index contributed by atoms with van der Waals surface area (Å²) in [4.78, 5) is 54.7. The molecular formula is C53H30Cl2F2N14Na4O18S4. The monoisotopic (exact) mass is 1480 g/mol. The van der Waals surface area contributed by atoms with E-state index in [2.05, 4.69) is 70.3 Å². The van der Waals surface area contributed by atoms with Gasteiger partial charge < -0.3 is 40.0 Å².